The Hall–Kier alpha value is -0.650. The summed E-state index contributed by atoms with van der Waals surface area (Å²) in [6, 6.07) is 0.408. The summed E-state index contributed by atoms with van der Waals surface area (Å²) in [4.78, 5) is 17.1. The Bertz CT molecular complexity index is 345. The van der Waals surface area contributed by atoms with E-state index in [1.54, 1.807) is 0 Å². The lowest BCUT2D eigenvalue weighted by Gasteiger charge is -2.40. The van der Waals surface area contributed by atoms with E-state index in [4.69, 9.17) is 5.73 Å². The van der Waals surface area contributed by atoms with Gasteiger partial charge in [0.1, 0.15) is 0 Å². The van der Waals surface area contributed by atoms with Gasteiger partial charge in [-0.05, 0) is 33.9 Å². The first-order chi connectivity index (χ1) is 9.40. The lowest BCUT2D eigenvalue weighted by Crippen LogP contribution is -2.57. The smallest absolute Gasteiger partial charge is 0.225 e. The standard InChI is InChI=1S/C15H30N4O/c1-15(16)7-5-4-6-13(15)14(20)17-10-12-11-18(2)8-9-19(12)3/h12-13H,4-11,16H2,1-3H3,(H,17,20). The number of hydrogen-bond acceptors (Lipinski definition) is 4. The Morgan fingerprint density at radius 2 is 2.10 bits per heavy atom. The average Bonchev–Trinajstić information content (AvgIpc) is 2.39. The van der Waals surface area contributed by atoms with Crippen molar-refractivity contribution < 1.29 is 4.79 Å². The van der Waals surface area contributed by atoms with Gasteiger partial charge in [-0.2, -0.15) is 0 Å². The van der Waals surface area contributed by atoms with Crippen molar-refractivity contribution in [2.75, 3.05) is 40.3 Å². The number of nitrogens with zero attached hydrogens (tertiary/aromatic N) is 2. The molecular formula is C15H30N4O. The van der Waals surface area contributed by atoms with Crippen LogP contribution < -0.4 is 11.1 Å². The van der Waals surface area contributed by atoms with Crippen molar-refractivity contribution in [2.45, 2.75) is 44.2 Å². The SMILES string of the molecule is CN1CCN(C)C(CNC(=O)C2CCCCC2(C)N)C1. The molecule has 1 heterocycles. The number of piperazine rings is 1. The van der Waals surface area contributed by atoms with Crippen LogP contribution in [0.4, 0.5) is 0 Å². The first-order valence-corrected chi connectivity index (χ1v) is 7.85. The van der Waals surface area contributed by atoms with Gasteiger partial charge in [0.05, 0.1) is 5.92 Å². The molecule has 3 unspecified atom stereocenters. The van der Waals surface area contributed by atoms with Gasteiger partial charge in [-0.1, -0.05) is 12.8 Å². The van der Waals surface area contributed by atoms with E-state index in [1.165, 1.54) is 0 Å². The molecule has 0 radical (unpaired) electrons. The zero-order chi connectivity index (χ0) is 14.8. The van der Waals surface area contributed by atoms with Crippen molar-refractivity contribution in [3.63, 3.8) is 0 Å². The van der Waals surface area contributed by atoms with Gasteiger partial charge in [-0.25, -0.2) is 0 Å². The Labute approximate surface area is 122 Å². The molecule has 1 aliphatic carbocycles. The van der Waals surface area contributed by atoms with Crippen LogP contribution in [0.5, 0.6) is 0 Å². The summed E-state index contributed by atoms with van der Waals surface area (Å²) < 4.78 is 0. The summed E-state index contributed by atoms with van der Waals surface area (Å²) >= 11 is 0. The number of rotatable bonds is 3. The number of carbonyl (C=O) groups is 1. The molecule has 0 bridgehead atoms. The second kappa shape index (κ2) is 6.41. The minimum atomic E-state index is -0.336. The van der Waals surface area contributed by atoms with Gasteiger partial charge in [-0.3, -0.25) is 9.69 Å². The second-order valence-electron chi connectivity index (χ2n) is 6.95. The number of carbonyl (C=O) groups excluding carboxylic acids is 1. The fourth-order valence-electron chi connectivity index (χ4n) is 3.45. The maximum absolute atomic E-state index is 12.4. The van der Waals surface area contributed by atoms with Gasteiger partial charge in [0.15, 0.2) is 0 Å². The molecule has 1 aliphatic heterocycles. The molecule has 20 heavy (non-hydrogen) atoms. The molecule has 2 rings (SSSR count). The molecule has 0 aromatic rings. The van der Waals surface area contributed by atoms with Gasteiger partial charge in [-0.15, -0.1) is 0 Å². The molecule has 0 spiro atoms. The van der Waals surface area contributed by atoms with E-state index in [-0.39, 0.29) is 17.4 Å². The summed E-state index contributed by atoms with van der Waals surface area (Å²) in [5, 5.41) is 3.14. The van der Waals surface area contributed by atoms with Crippen molar-refractivity contribution >= 4 is 5.91 Å². The summed E-state index contributed by atoms with van der Waals surface area (Å²) in [6.07, 6.45) is 4.15. The van der Waals surface area contributed by atoms with Gasteiger partial charge in [0.2, 0.25) is 5.91 Å². The largest absolute Gasteiger partial charge is 0.354 e. The predicted molar refractivity (Wildman–Crippen MR) is 81.5 cm³/mol. The normalized spacial score (nSPS) is 36.8. The maximum Gasteiger partial charge on any atom is 0.225 e. The minimum Gasteiger partial charge on any atom is -0.354 e. The first-order valence-electron chi connectivity index (χ1n) is 7.85. The molecule has 1 saturated heterocycles. The van der Waals surface area contributed by atoms with Crippen LogP contribution in [0.3, 0.4) is 0 Å². The van der Waals surface area contributed by atoms with Gasteiger partial charge in [0.25, 0.3) is 0 Å². The number of hydrogen-bond donors (Lipinski definition) is 2. The second-order valence-corrected chi connectivity index (χ2v) is 6.95. The molecule has 3 N–H and O–H groups in total. The van der Waals surface area contributed by atoms with Crippen LogP contribution in [-0.4, -0.2) is 67.6 Å². The van der Waals surface area contributed by atoms with Crippen molar-refractivity contribution in [3.8, 4) is 0 Å². The van der Waals surface area contributed by atoms with Gasteiger partial charge >= 0.3 is 0 Å². The van der Waals surface area contributed by atoms with E-state index in [0.717, 1.165) is 51.9 Å². The average molecular weight is 282 g/mol. The highest BCUT2D eigenvalue weighted by atomic mass is 16.1. The number of nitrogens with two attached hydrogens (primary N) is 1. The molecule has 2 aliphatic rings. The Kier molecular flexibility index (Phi) is 5.04. The Morgan fingerprint density at radius 1 is 1.35 bits per heavy atom. The third-order valence-corrected chi connectivity index (χ3v) is 5.06. The highest BCUT2D eigenvalue weighted by Crippen LogP contribution is 2.31. The summed E-state index contributed by atoms with van der Waals surface area (Å²) in [5.41, 5.74) is 5.97. The highest BCUT2D eigenvalue weighted by Gasteiger charge is 2.38. The van der Waals surface area contributed by atoms with E-state index in [0.29, 0.717) is 6.04 Å². The van der Waals surface area contributed by atoms with E-state index in [2.05, 4.69) is 29.2 Å². The van der Waals surface area contributed by atoms with Crippen molar-refractivity contribution in [1.82, 2.24) is 15.1 Å². The van der Waals surface area contributed by atoms with Crippen molar-refractivity contribution in [3.05, 3.63) is 0 Å². The van der Waals surface area contributed by atoms with E-state index < -0.39 is 0 Å². The fourth-order valence-corrected chi connectivity index (χ4v) is 3.45. The molecule has 5 heteroatoms. The van der Waals surface area contributed by atoms with Crippen molar-refractivity contribution in [1.29, 1.82) is 0 Å². The molecule has 2 fully saturated rings. The quantitative estimate of drug-likeness (QED) is 0.779. The zero-order valence-electron chi connectivity index (χ0n) is 13.2. The lowest BCUT2D eigenvalue weighted by molar-refractivity contribution is -0.128. The molecule has 1 saturated carbocycles. The molecule has 1 amide bonds. The van der Waals surface area contributed by atoms with Crippen LogP contribution in [0.15, 0.2) is 0 Å². The zero-order valence-corrected chi connectivity index (χ0v) is 13.2. The molecule has 116 valence electrons. The third-order valence-electron chi connectivity index (χ3n) is 5.06. The van der Waals surface area contributed by atoms with Crippen LogP contribution >= 0.6 is 0 Å². The predicted octanol–water partition coefficient (Wildman–Crippen LogP) is 0.256. The molecule has 0 aromatic carbocycles. The lowest BCUT2D eigenvalue weighted by atomic mass is 9.74. The van der Waals surface area contributed by atoms with Gasteiger partial charge < -0.3 is 16.0 Å². The molecule has 3 atom stereocenters. The van der Waals surface area contributed by atoms with Crippen LogP contribution in [0.2, 0.25) is 0 Å². The topological polar surface area (TPSA) is 61.6 Å². The van der Waals surface area contributed by atoms with Crippen molar-refractivity contribution in [2.24, 2.45) is 11.7 Å². The highest BCUT2D eigenvalue weighted by molar-refractivity contribution is 5.80. The number of amides is 1. The number of nitrogens with one attached hydrogen (secondary N) is 1. The Balaban J connectivity index is 1.85. The maximum atomic E-state index is 12.4. The van der Waals surface area contributed by atoms with E-state index in [1.807, 2.05) is 6.92 Å². The monoisotopic (exact) mass is 282 g/mol. The summed E-state index contributed by atoms with van der Waals surface area (Å²) in [5.74, 6) is 0.124. The van der Waals surface area contributed by atoms with Gasteiger partial charge in [0, 0.05) is 37.8 Å². The molecular weight excluding hydrogens is 252 g/mol. The van der Waals surface area contributed by atoms with Crippen LogP contribution in [0.25, 0.3) is 0 Å². The fraction of sp³-hybridized carbons (Fsp3) is 0.933. The van der Waals surface area contributed by atoms with E-state index >= 15 is 0 Å². The summed E-state index contributed by atoms with van der Waals surface area (Å²) in [7, 11) is 4.28. The number of likely N-dealkylation sites (N-methyl/N-ethyl adjacent to an activating group) is 2. The Morgan fingerprint density at radius 3 is 2.80 bits per heavy atom. The van der Waals surface area contributed by atoms with Crippen LogP contribution in [-0.2, 0) is 4.79 Å². The summed E-state index contributed by atoms with van der Waals surface area (Å²) in [6.45, 7) is 5.93. The van der Waals surface area contributed by atoms with Crippen LogP contribution in [0.1, 0.15) is 32.6 Å². The van der Waals surface area contributed by atoms with Crippen LogP contribution in [0, 0.1) is 5.92 Å². The first kappa shape index (κ1) is 15.7. The minimum absolute atomic E-state index is 0.0251. The third kappa shape index (κ3) is 3.71. The van der Waals surface area contributed by atoms with E-state index in [9.17, 15) is 4.79 Å². The molecule has 0 aromatic heterocycles. The molecule has 5 nitrogen and oxygen atoms in total.